The SMILES string of the molecule is CC1CCCN(C(=O)C2CCc3[nH]c4ccc(F)cc4c3C2)C1. The molecule has 2 aromatic rings. The van der Waals surface area contributed by atoms with Crippen molar-refractivity contribution in [2.75, 3.05) is 13.1 Å². The van der Waals surface area contributed by atoms with Gasteiger partial charge in [-0.3, -0.25) is 4.79 Å². The zero-order chi connectivity index (χ0) is 16.0. The van der Waals surface area contributed by atoms with Gasteiger partial charge in [-0.2, -0.15) is 0 Å². The molecule has 122 valence electrons. The highest BCUT2D eigenvalue weighted by atomic mass is 19.1. The van der Waals surface area contributed by atoms with Crippen LogP contribution in [0.3, 0.4) is 0 Å². The van der Waals surface area contributed by atoms with Crippen LogP contribution in [0.5, 0.6) is 0 Å². The quantitative estimate of drug-likeness (QED) is 0.856. The van der Waals surface area contributed by atoms with Crippen LogP contribution in [0.2, 0.25) is 0 Å². The van der Waals surface area contributed by atoms with Gasteiger partial charge in [0, 0.05) is 35.6 Å². The smallest absolute Gasteiger partial charge is 0.226 e. The average Bonchev–Trinajstić information content (AvgIpc) is 2.91. The number of aromatic nitrogens is 1. The lowest BCUT2D eigenvalue weighted by Gasteiger charge is -2.34. The van der Waals surface area contributed by atoms with Gasteiger partial charge in [0.15, 0.2) is 0 Å². The van der Waals surface area contributed by atoms with Crippen LogP contribution in [-0.2, 0) is 17.6 Å². The largest absolute Gasteiger partial charge is 0.358 e. The second-order valence-corrected chi connectivity index (χ2v) is 7.24. The minimum atomic E-state index is -0.211. The van der Waals surface area contributed by atoms with Gasteiger partial charge < -0.3 is 9.88 Å². The third-order valence-corrected chi connectivity index (χ3v) is 5.47. The van der Waals surface area contributed by atoms with Crippen LogP contribution in [0.15, 0.2) is 18.2 Å². The third kappa shape index (κ3) is 2.64. The van der Waals surface area contributed by atoms with E-state index in [1.165, 1.54) is 18.2 Å². The zero-order valence-corrected chi connectivity index (χ0v) is 13.6. The fourth-order valence-corrected chi connectivity index (χ4v) is 4.25. The molecule has 0 saturated carbocycles. The van der Waals surface area contributed by atoms with Crippen LogP contribution in [0, 0.1) is 17.7 Å². The number of hydrogen-bond donors (Lipinski definition) is 1. The molecule has 1 aliphatic heterocycles. The number of hydrogen-bond acceptors (Lipinski definition) is 1. The van der Waals surface area contributed by atoms with Gasteiger partial charge in [0.05, 0.1) is 0 Å². The molecule has 4 rings (SSSR count). The highest BCUT2D eigenvalue weighted by Gasteiger charge is 2.31. The van der Waals surface area contributed by atoms with Crippen molar-refractivity contribution in [3.8, 4) is 0 Å². The molecule has 1 aromatic heterocycles. The molecule has 23 heavy (non-hydrogen) atoms. The van der Waals surface area contributed by atoms with Crippen LogP contribution >= 0.6 is 0 Å². The van der Waals surface area contributed by atoms with Crippen LogP contribution in [0.25, 0.3) is 10.9 Å². The Morgan fingerprint density at radius 1 is 1.35 bits per heavy atom. The number of H-pyrrole nitrogens is 1. The van der Waals surface area contributed by atoms with Gasteiger partial charge in [0.1, 0.15) is 5.82 Å². The highest BCUT2D eigenvalue weighted by Crippen LogP contribution is 2.33. The maximum Gasteiger partial charge on any atom is 0.226 e. The number of aryl methyl sites for hydroxylation is 1. The van der Waals surface area contributed by atoms with E-state index in [1.807, 2.05) is 0 Å². The van der Waals surface area contributed by atoms with Gasteiger partial charge in [-0.05, 0) is 61.8 Å². The summed E-state index contributed by atoms with van der Waals surface area (Å²) in [6, 6.07) is 4.88. The molecule has 1 aliphatic carbocycles. The molecule has 3 nitrogen and oxygen atoms in total. The number of nitrogens with one attached hydrogen (secondary N) is 1. The number of amides is 1. The van der Waals surface area contributed by atoms with Crippen LogP contribution in [0.1, 0.15) is 37.4 Å². The fourth-order valence-electron chi connectivity index (χ4n) is 4.25. The Morgan fingerprint density at radius 3 is 3.04 bits per heavy atom. The van der Waals surface area contributed by atoms with Gasteiger partial charge in [0.2, 0.25) is 5.91 Å². The van der Waals surface area contributed by atoms with Crippen molar-refractivity contribution >= 4 is 16.8 Å². The summed E-state index contributed by atoms with van der Waals surface area (Å²) in [5.41, 5.74) is 3.31. The van der Waals surface area contributed by atoms with E-state index in [0.29, 0.717) is 11.8 Å². The van der Waals surface area contributed by atoms with E-state index < -0.39 is 0 Å². The molecule has 1 fully saturated rings. The molecule has 4 heteroatoms. The Hall–Kier alpha value is -1.84. The molecule has 0 bridgehead atoms. The van der Waals surface area contributed by atoms with Crippen molar-refractivity contribution in [1.82, 2.24) is 9.88 Å². The Kier molecular flexibility index (Phi) is 3.63. The van der Waals surface area contributed by atoms with Gasteiger partial charge in [-0.25, -0.2) is 4.39 Å². The predicted octanol–water partition coefficient (Wildman–Crippen LogP) is 3.67. The minimum Gasteiger partial charge on any atom is -0.358 e. The number of rotatable bonds is 1. The van der Waals surface area contributed by atoms with Crippen LogP contribution in [0.4, 0.5) is 4.39 Å². The Balaban J connectivity index is 1.59. The summed E-state index contributed by atoms with van der Waals surface area (Å²) in [7, 11) is 0. The summed E-state index contributed by atoms with van der Waals surface area (Å²) >= 11 is 0. The van der Waals surface area contributed by atoms with E-state index >= 15 is 0 Å². The topological polar surface area (TPSA) is 36.1 Å². The summed E-state index contributed by atoms with van der Waals surface area (Å²) in [6.45, 7) is 4.01. The molecule has 1 saturated heterocycles. The Bertz CT molecular complexity index is 751. The van der Waals surface area contributed by atoms with Crippen LogP contribution < -0.4 is 0 Å². The second kappa shape index (κ2) is 5.66. The number of halogens is 1. The molecule has 0 spiro atoms. The monoisotopic (exact) mass is 314 g/mol. The van der Waals surface area contributed by atoms with E-state index in [-0.39, 0.29) is 11.7 Å². The Morgan fingerprint density at radius 2 is 2.22 bits per heavy atom. The number of likely N-dealkylation sites (tertiary alicyclic amines) is 1. The predicted molar refractivity (Wildman–Crippen MR) is 88.7 cm³/mol. The minimum absolute atomic E-state index is 0.0510. The lowest BCUT2D eigenvalue weighted by atomic mass is 9.85. The molecule has 2 unspecified atom stereocenters. The van der Waals surface area contributed by atoms with Gasteiger partial charge in [-0.15, -0.1) is 0 Å². The molecular weight excluding hydrogens is 291 g/mol. The summed E-state index contributed by atoms with van der Waals surface area (Å²) in [5.74, 6) is 0.745. The van der Waals surface area contributed by atoms with Crippen molar-refractivity contribution in [1.29, 1.82) is 0 Å². The molecule has 0 radical (unpaired) electrons. The van der Waals surface area contributed by atoms with Gasteiger partial charge in [-0.1, -0.05) is 6.92 Å². The van der Waals surface area contributed by atoms with E-state index in [4.69, 9.17) is 0 Å². The summed E-state index contributed by atoms with van der Waals surface area (Å²) < 4.78 is 13.6. The first-order valence-electron chi connectivity index (χ1n) is 8.69. The van der Waals surface area contributed by atoms with Crippen molar-refractivity contribution < 1.29 is 9.18 Å². The standard InChI is InChI=1S/C19H23FN2O/c1-12-3-2-8-22(11-12)19(23)13-4-6-17-15(9-13)16-10-14(20)5-7-18(16)21-17/h5,7,10,12-13,21H,2-4,6,8-9,11H2,1H3. The lowest BCUT2D eigenvalue weighted by molar-refractivity contribution is -0.137. The van der Waals surface area contributed by atoms with Crippen molar-refractivity contribution in [2.45, 2.75) is 39.0 Å². The molecule has 1 aromatic carbocycles. The summed E-state index contributed by atoms with van der Waals surface area (Å²) in [4.78, 5) is 18.3. The molecule has 1 amide bonds. The van der Waals surface area contributed by atoms with E-state index in [0.717, 1.165) is 55.2 Å². The first-order valence-corrected chi connectivity index (χ1v) is 8.69. The number of carbonyl (C=O) groups excluding carboxylic acids is 1. The molecular formula is C19H23FN2O. The third-order valence-electron chi connectivity index (χ3n) is 5.47. The van der Waals surface area contributed by atoms with E-state index in [1.54, 1.807) is 12.1 Å². The van der Waals surface area contributed by atoms with Crippen molar-refractivity contribution in [2.24, 2.45) is 11.8 Å². The number of piperidine rings is 1. The summed E-state index contributed by atoms with van der Waals surface area (Å²) in [5, 5.41) is 0.949. The lowest BCUT2D eigenvalue weighted by Crippen LogP contribution is -2.43. The zero-order valence-electron chi connectivity index (χ0n) is 13.6. The van der Waals surface area contributed by atoms with Crippen LogP contribution in [-0.4, -0.2) is 28.9 Å². The van der Waals surface area contributed by atoms with Gasteiger partial charge >= 0.3 is 0 Å². The van der Waals surface area contributed by atoms with Gasteiger partial charge in [0.25, 0.3) is 0 Å². The molecule has 2 atom stereocenters. The maximum absolute atomic E-state index is 13.6. The summed E-state index contributed by atoms with van der Waals surface area (Å²) in [6.07, 6.45) is 4.85. The number of benzene rings is 1. The number of fused-ring (bicyclic) bond motifs is 3. The van der Waals surface area contributed by atoms with E-state index in [2.05, 4.69) is 16.8 Å². The number of carbonyl (C=O) groups is 1. The van der Waals surface area contributed by atoms with Crippen molar-refractivity contribution in [3.63, 3.8) is 0 Å². The Labute approximate surface area is 135 Å². The number of nitrogens with zero attached hydrogens (tertiary/aromatic N) is 1. The normalized spacial score (nSPS) is 24.7. The number of aromatic amines is 1. The first kappa shape index (κ1) is 14.7. The molecule has 1 N–H and O–H groups in total. The fraction of sp³-hybridized carbons (Fsp3) is 0.526. The first-order chi connectivity index (χ1) is 11.1. The average molecular weight is 314 g/mol. The second-order valence-electron chi connectivity index (χ2n) is 7.24. The van der Waals surface area contributed by atoms with Crippen molar-refractivity contribution in [3.05, 3.63) is 35.3 Å². The molecule has 2 aliphatic rings. The highest BCUT2D eigenvalue weighted by molar-refractivity contribution is 5.87. The maximum atomic E-state index is 13.6. The van der Waals surface area contributed by atoms with E-state index in [9.17, 15) is 9.18 Å². The molecule has 2 heterocycles.